The van der Waals surface area contributed by atoms with Gasteiger partial charge in [-0.2, -0.15) is 0 Å². The van der Waals surface area contributed by atoms with Crippen molar-refractivity contribution in [2.24, 2.45) is 0 Å². The highest BCUT2D eigenvalue weighted by Crippen LogP contribution is 2.44. The summed E-state index contributed by atoms with van der Waals surface area (Å²) in [5.74, 6) is -2.40. The Balaban J connectivity index is 1.67. The Morgan fingerprint density at radius 1 is 1.07 bits per heavy atom. The summed E-state index contributed by atoms with van der Waals surface area (Å²) in [5.41, 5.74) is 4.21. The van der Waals surface area contributed by atoms with E-state index >= 15 is 0 Å². The molecule has 1 aliphatic rings. The van der Waals surface area contributed by atoms with Crippen molar-refractivity contribution in [3.05, 3.63) is 59.7 Å². The number of nitrogens with one attached hydrogen (secondary N) is 1. The molecule has 146 valence electrons. The van der Waals surface area contributed by atoms with Crippen LogP contribution < -0.4 is 5.32 Å². The third kappa shape index (κ3) is 3.96. The van der Waals surface area contributed by atoms with Crippen molar-refractivity contribution in [1.29, 1.82) is 0 Å². The van der Waals surface area contributed by atoms with Crippen molar-refractivity contribution < 1.29 is 29.4 Å². The molecule has 3 rings (SSSR count). The molecule has 0 heterocycles. The fourth-order valence-corrected chi connectivity index (χ4v) is 3.29. The van der Waals surface area contributed by atoms with E-state index in [9.17, 15) is 19.5 Å². The van der Waals surface area contributed by atoms with Gasteiger partial charge in [0.1, 0.15) is 12.6 Å². The second-order valence-electron chi connectivity index (χ2n) is 6.48. The average Bonchev–Trinajstić information content (AvgIpc) is 2.99. The standard InChI is InChI=1S/C20H20N2O6/c1-22(27)18(23)10-17(19(24)25)21-20(26)28-11-16-14-8-4-2-6-12(14)13-7-3-5-9-15(13)16/h2-9,16-17,27H,10-11H2,1H3,(H,21,26)(H,24,25). The van der Waals surface area contributed by atoms with Crippen molar-refractivity contribution in [2.75, 3.05) is 13.7 Å². The Morgan fingerprint density at radius 2 is 1.61 bits per heavy atom. The van der Waals surface area contributed by atoms with Crippen LogP contribution in [0, 0.1) is 0 Å². The van der Waals surface area contributed by atoms with Gasteiger partial charge in [-0.3, -0.25) is 10.0 Å². The number of aliphatic carboxylic acids is 1. The molecule has 0 bridgehead atoms. The Kier molecular flexibility index (Phi) is 5.60. The fourth-order valence-electron chi connectivity index (χ4n) is 3.29. The first-order chi connectivity index (χ1) is 13.4. The molecule has 8 heteroatoms. The zero-order valence-electron chi connectivity index (χ0n) is 15.2. The number of carboxylic acids is 1. The summed E-state index contributed by atoms with van der Waals surface area (Å²) in [6.07, 6.45) is -1.53. The molecule has 0 saturated carbocycles. The average molecular weight is 384 g/mol. The van der Waals surface area contributed by atoms with Crippen molar-refractivity contribution in [2.45, 2.75) is 18.4 Å². The van der Waals surface area contributed by atoms with E-state index in [1.807, 2.05) is 48.5 Å². The lowest BCUT2D eigenvalue weighted by molar-refractivity contribution is -0.161. The van der Waals surface area contributed by atoms with Gasteiger partial charge in [-0.25, -0.2) is 14.7 Å². The number of fused-ring (bicyclic) bond motifs is 3. The maximum Gasteiger partial charge on any atom is 0.407 e. The van der Waals surface area contributed by atoms with Crippen LogP contribution in [0.15, 0.2) is 48.5 Å². The summed E-state index contributed by atoms with van der Waals surface area (Å²) in [6.45, 7) is 0.0278. The molecule has 2 aromatic carbocycles. The second kappa shape index (κ2) is 8.10. The molecule has 8 nitrogen and oxygen atoms in total. The molecule has 1 unspecified atom stereocenters. The minimum atomic E-state index is -1.50. The molecule has 0 saturated heterocycles. The summed E-state index contributed by atoms with van der Waals surface area (Å²) in [6, 6.07) is 14.2. The molecule has 2 amide bonds. The predicted octanol–water partition coefficient (Wildman–Crippen LogP) is 2.22. The number of benzene rings is 2. The van der Waals surface area contributed by atoms with Crippen LogP contribution in [-0.4, -0.2) is 53.0 Å². The molecule has 0 fully saturated rings. The second-order valence-corrected chi connectivity index (χ2v) is 6.48. The van der Waals surface area contributed by atoms with Gasteiger partial charge in [0.05, 0.1) is 6.42 Å². The quantitative estimate of drug-likeness (QED) is 0.519. The molecular weight excluding hydrogens is 364 g/mol. The normalized spacial score (nSPS) is 13.2. The lowest BCUT2D eigenvalue weighted by Gasteiger charge is -2.18. The minimum absolute atomic E-state index is 0.0278. The summed E-state index contributed by atoms with van der Waals surface area (Å²) < 4.78 is 5.26. The first-order valence-corrected chi connectivity index (χ1v) is 8.68. The zero-order valence-corrected chi connectivity index (χ0v) is 15.2. The molecule has 1 atom stereocenters. The van der Waals surface area contributed by atoms with Crippen molar-refractivity contribution in [3.8, 4) is 11.1 Å². The molecular formula is C20H20N2O6. The van der Waals surface area contributed by atoms with Crippen LogP contribution in [0.1, 0.15) is 23.5 Å². The van der Waals surface area contributed by atoms with Crippen LogP contribution in [0.5, 0.6) is 0 Å². The van der Waals surface area contributed by atoms with Gasteiger partial charge in [-0.1, -0.05) is 48.5 Å². The van der Waals surface area contributed by atoms with E-state index in [1.165, 1.54) is 0 Å². The van der Waals surface area contributed by atoms with E-state index in [0.717, 1.165) is 29.3 Å². The van der Waals surface area contributed by atoms with Gasteiger partial charge in [0, 0.05) is 13.0 Å². The first-order valence-electron chi connectivity index (χ1n) is 8.68. The van der Waals surface area contributed by atoms with Gasteiger partial charge in [0.15, 0.2) is 0 Å². The van der Waals surface area contributed by atoms with Crippen LogP contribution in [0.4, 0.5) is 4.79 Å². The van der Waals surface area contributed by atoms with E-state index < -0.39 is 30.4 Å². The number of hydrogen-bond acceptors (Lipinski definition) is 5. The number of alkyl carbamates (subject to hydrolysis) is 1. The van der Waals surface area contributed by atoms with E-state index in [0.29, 0.717) is 0 Å². The Morgan fingerprint density at radius 3 is 2.11 bits per heavy atom. The van der Waals surface area contributed by atoms with E-state index in [2.05, 4.69) is 5.32 Å². The summed E-state index contributed by atoms with van der Waals surface area (Å²) in [4.78, 5) is 34.9. The van der Waals surface area contributed by atoms with Gasteiger partial charge >= 0.3 is 12.1 Å². The number of hydroxylamine groups is 2. The van der Waals surface area contributed by atoms with Crippen LogP contribution in [-0.2, 0) is 14.3 Å². The first kappa shape index (κ1) is 19.4. The van der Waals surface area contributed by atoms with Gasteiger partial charge in [0.2, 0.25) is 5.91 Å². The van der Waals surface area contributed by atoms with E-state index in [1.54, 1.807) is 0 Å². The van der Waals surface area contributed by atoms with Gasteiger partial charge < -0.3 is 15.2 Å². The third-order valence-electron chi connectivity index (χ3n) is 4.67. The number of nitrogens with zero attached hydrogens (tertiary/aromatic N) is 1. The Labute approximate surface area is 161 Å². The highest BCUT2D eigenvalue weighted by Gasteiger charge is 2.30. The van der Waals surface area contributed by atoms with Crippen LogP contribution >= 0.6 is 0 Å². The van der Waals surface area contributed by atoms with E-state index in [-0.39, 0.29) is 17.6 Å². The van der Waals surface area contributed by atoms with Crippen LogP contribution in [0.25, 0.3) is 11.1 Å². The van der Waals surface area contributed by atoms with Crippen molar-refractivity contribution >= 4 is 18.0 Å². The van der Waals surface area contributed by atoms with Crippen molar-refractivity contribution in [1.82, 2.24) is 10.4 Å². The summed E-state index contributed by atoms with van der Waals surface area (Å²) in [7, 11) is 1.08. The van der Waals surface area contributed by atoms with Crippen LogP contribution in [0.2, 0.25) is 0 Å². The zero-order chi connectivity index (χ0) is 20.3. The summed E-state index contributed by atoms with van der Waals surface area (Å²) in [5, 5.41) is 20.7. The Bertz CT molecular complexity index is 866. The smallest absolute Gasteiger partial charge is 0.407 e. The molecule has 3 N–H and O–H groups in total. The largest absolute Gasteiger partial charge is 0.480 e. The molecule has 2 aromatic rings. The predicted molar refractivity (Wildman–Crippen MR) is 98.8 cm³/mol. The fraction of sp³-hybridized carbons (Fsp3) is 0.250. The number of amides is 2. The van der Waals surface area contributed by atoms with Crippen LogP contribution in [0.3, 0.4) is 0 Å². The van der Waals surface area contributed by atoms with E-state index in [4.69, 9.17) is 9.94 Å². The minimum Gasteiger partial charge on any atom is -0.480 e. The SMILES string of the molecule is CN(O)C(=O)CC(NC(=O)OCC1c2ccccc2-c2ccccc21)C(=O)O. The maximum absolute atomic E-state index is 12.1. The highest BCUT2D eigenvalue weighted by atomic mass is 16.5. The third-order valence-corrected chi connectivity index (χ3v) is 4.67. The number of ether oxygens (including phenoxy) is 1. The number of carboxylic acid groups (broad SMARTS) is 1. The molecule has 0 aromatic heterocycles. The van der Waals surface area contributed by atoms with Gasteiger partial charge in [0.25, 0.3) is 0 Å². The topological polar surface area (TPSA) is 116 Å². The number of carbonyl (C=O) groups is 3. The number of carbonyl (C=O) groups excluding carboxylic acids is 2. The van der Waals surface area contributed by atoms with Gasteiger partial charge in [-0.05, 0) is 22.3 Å². The molecule has 0 aliphatic heterocycles. The lowest BCUT2D eigenvalue weighted by Crippen LogP contribution is -2.44. The maximum atomic E-state index is 12.1. The lowest BCUT2D eigenvalue weighted by atomic mass is 9.98. The monoisotopic (exact) mass is 384 g/mol. The highest BCUT2D eigenvalue weighted by molar-refractivity contribution is 5.86. The van der Waals surface area contributed by atoms with Gasteiger partial charge in [-0.15, -0.1) is 0 Å². The summed E-state index contributed by atoms with van der Waals surface area (Å²) >= 11 is 0. The molecule has 28 heavy (non-hydrogen) atoms. The number of rotatable bonds is 6. The molecule has 0 spiro atoms. The van der Waals surface area contributed by atoms with Crippen molar-refractivity contribution in [3.63, 3.8) is 0 Å². The Hall–Kier alpha value is -3.39. The molecule has 0 radical (unpaired) electrons. The number of hydrogen-bond donors (Lipinski definition) is 3. The molecule has 1 aliphatic carbocycles.